The number of nitrogens with one attached hydrogen (secondary N) is 3. The molecule has 172 valence electrons. The van der Waals surface area contributed by atoms with Gasteiger partial charge >= 0.3 is 5.97 Å². The molecule has 0 spiro atoms. The Bertz CT molecular complexity index is 765. The molecule has 7 N–H and O–H groups in total. The van der Waals surface area contributed by atoms with E-state index in [1.165, 1.54) is 6.92 Å². The SMILES string of the molecule is CC(O)C(N)C(=O)NC(Cc1ccccc1)C(=O)NC(CS)C(=O)NC(CS)C(=O)O. The van der Waals surface area contributed by atoms with Crippen molar-refractivity contribution in [2.45, 2.75) is 43.6 Å². The normalized spacial score (nSPS) is 15.6. The van der Waals surface area contributed by atoms with Gasteiger partial charge in [0.05, 0.1) is 6.10 Å². The van der Waals surface area contributed by atoms with Gasteiger partial charge in [-0.2, -0.15) is 25.3 Å². The van der Waals surface area contributed by atoms with Crippen LogP contribution >= 0.6 is 25.3 Å². The molecule has 12 heteroatoms. The zero-order valence-electron chi connectivity index (χ0n) is 16.9. The van der Waals surface area contributed by atoms with Gasteiger partial charge in [0.15, 0.2) is 0 Å². The van der Waals surface area contributed by atoms with Crippen LogP contribution in [-0.4, -0.2) is 75.7 Å². The highest BCUT2D eigenvalue weighted by Crippen LogP contribution is 2.05. The molecule has 1 aromatic carbocycles. The lowest BCUT2D eigenvalue weighted by Gasteiger charge is -2.25. The first-order valence-corrected chi connectivity index (χ1v) is 10.7. The average molecular weight is 473 g/mol. The van der Waals surface area contributed by atoms with Crippen molar-refractivity contribution in [3.8, 4) is 0 Å². The number of aliphatic hydroxyl groups is 1. The third-order valence-corrected chi connectivity index (χ3v) is 5.08. The molecule has 31 heavy (non-hydrogen) atoms. The van der Waals surface area contributed by atoms with Gasteiger partial charge in [0, 0.05) is 17.9 Å². The molecule has 0 bridgehead atoms. The standard InChI is InChI=1S/C19H28N4O6S2/c1-10(24)15(20)18(27)21-12(7-11-5-3-2-4-6-11)16(25)22-13(8-30)17(26)23-14(9-31)19(28)29/h2-6,10,12-15,24,30-31H,7-9,20H2,1H3,(H,21,27)(H,22,25)(H,23,26)(H,28,29). The molecule has 0 saturated carbocycles. The molecule has 0 aromatic heterocycles. The zero-order valence-corrected chi connectivity index (χ0v) is 18.7. The van der Waals surface area contributed by atoms with Gasteiger partial charge in [-0.1, -0.05) is 30.3 Å². The van der Waals surface area contributed by atoms with E-state index in [0.717, 1.165) is 5.56 Å². The molecule has 0 radical (unpaired) electrons. The molecule has 10 nitrogen and oxygen atoms in total. The van der Waals surface area contributed by atoms with Crippen LogP contribution in [0.1, 0.15) is 12.5 Å². The molecule has 0 saturated heterocycles. The minimum Gasteiger partial charge on any atom is -0.480 e. The molecule has 5 unspecified atom stereocenters. The number of amides is 3. The fourth-order valence-corrected chi connectivity index (χ4v) is 2.97. The lowest BCUT2D eigenvalue weighted by molar-refractivity contribution is -0.141. The average Bonchev–Trinajstić information content (AvgIpc) is 2.74. The van der Waals surface area contributed by atoms with E-state index in [1.54, 1.807) is 30.3 Å². The lowest BCUT2D eigenvalue weighted by atomic mass is 10.0. The molecule has 0 aliphatic rings. The number of benzene rings is 1. The summed E-state index contributed by atoms with van der Waals surface area (Å²) in [5.41, 5.74) is 6.38. The summed E-state index contributed by atoms with van der Waals surface area (Å²) in [5, 5.41) is 25.8. The predicted octanol–water partition coefficient (Wildman–Crippen LogP) is -1.66. The number of aliphatic hydroxyl groups excluding tert-OH is 1. The van der Waals surface area contributed by atoms with Crippen LogP contribution in [-0.2, 0) is 25.6 Å². The maximum absolute atomic E-state index is 12.9. The van der Waals surface area contributed by atoms with E-state index >= 15 is 0 Å². The van der Waals surface area contributed by atoms with E-state index in [4.69, 9.17) is 10.8 Å². The number of carboxylic acids is 1. The highest BCUT2D eigenvalue weighted by Gasteiger charge is 2.30. The highest BCUT2D eigenvalue weighted by molar-refractivity contribution is 7.80. The molecule has 3 amide bonds. The third kappa shape index (κ3) is 8.77. The Morgan fingerprint density at radius 1 is 0.903 bits per heavy atom. The second-order valence-electron chi connectivity index (χ2n) is 6.84. The summed E-state index contributed by atoms with van der Waals surface area (Å²) in [6.07, 6.45) is -1.04. The van der Waals surface area contributed by atoms with Gasteiger partial charge in [-0.05, 0) is 12.5 Å². The fraction of sp³-hybridized carbons (Fsp3) is 0.474. The van der Waals surface area contributed by atoms with Crippen LogP contribution in [0.25, 0.3) is 0 Å². The van der Waals surface area contributed by atoms with E-state index in [1.807, 2.05) is 0 Å². The smallest absolute Gasteiger partial charge is 0.327 e. The molecule has 1 rings (SSSR count). The van der Waals surface area contributed by atoms with E-state index < -0.39 is 54.0 Å². The fourth-order valence-electron chi connectivity index (χ4n) is 2.47. The molecule has 0 aliphatic heterocycles. The number of rotatable bonds is 12. The Hall–Kier alpha value is -2.28. The first-order chi connectivity index (χ1) is 14.6. The van der Waals surface area contributed by atoms with Crippen LogP contribution in [0.15, 0.2) is 30.3 Å². The lowest BCUT2D eigenvalue weighted by Crippen LogP contribution is -2.59. The Labute approximate surface area is 191 Å². The molecule has 1 aromatic rings. The number of carbonyl (C=O) groups excluding carboxylic acids is 3. The quantitative estimate of drug-likeness (QED) is 0.168. The Morgan fingerprint density at radius 2 is 1.39 bits per heavy atom. The minimum atomic E-state index is -1.27. The van der Waals surface area contributed by atoms with Crippen LogP contribution in [0.5, 0.6) is 0 Å². The Balaban J connectivity index is 2.96. The molecule has 0 aliphatic carbocycles. The minimum absolute atomic E-state index is 0.0975. The molecule has 0 fully saturated rings. The molecular formula is C19H28N4O6S2. The highest BCUT2D eigenvalue weighted by atomic mass is 32.1. The largest absolute Gasteiger partial charge is 0.480 e. The molecule has 5 atom stereocenters. The maximum Gasteiger partial charge on any atom is 0.327 e. The second-order valence-corrected chi connectivity index (χ2v) is 7.57. The number of nitrogens with two attached hydrogens (primary N) is 1. The van der Waals surface area contributed by atoms with Crippen molar-refractivity contribution in [2.75, 3.05) is 11.5 Å². The van der Waals surface area contributed by atoms with Gasteiger partial charge < -0.3 is 31.9 Å². The summed E-state index contributed by atoms with van der Waals surface area (Å²) in [5.74, 6) is -3.71. The molecule has 0 heterocycles. The van der Waals surface area contributed by atoms with Crippen molar-refractivity contribution in [1.29, 1.82) is 0 Å². The van der Waals surface area contributed by atoms with E-state index in [9.17, 15) is 24.3 Å². The van der Waals surface area contributed by atoms with Crippen LogP contribution in [0.4, 0.5) is 0 Å². The summed E-state index contributed by atoms with van der Waals surface area (Å²) >= 11 is 7.92. The van der Waals surface area contributed by atoms with Gasteiger partial charge in [0.1, 0.15) is 24.2 Å². The number of thiol groups is 2. The van der Waals surface area contributed by atoms with Gasteiger partial charge in [-0.25, -0.2) is 4.79 Å². The summed E-state index contributed by atoms with van der Waals surface area (Å²) in [6, 6.07) is 4.10. The van der Waals surface area contributed by atoms with Crippen molar-refractivity contribution in [3.63, 3.8) is 0 Å². The van der Waals surface area contributed by atoms with Crippen LogP contribution in [0.3, 0.4) is 0 Å². The predicted molar refractivity (Wildman–Crippen MR) is 121 cm³/mol. The van der Waals surface area contributed by atoms with Gasteiger partial charge in [0.2, 0.25) is 17.7 Å². The monoisotopic (exact) mass is 472 g/mol. The van der Waals surface area contributed by atoms with E-state index in [2.05, 4.69) is 41.2 Å². The summed E-state index contributed by atoms with van der Waals surface area (Å²) in [7, 11) is 0. The number of hydrogen-bond acceptors (Lipinski definition) is 8. The van der Waals surface area contributed by atoms with E-state index in [0.29, 0.717) is 0 Å². The summed E-state index contributed by atoms with van der Waals surface area (Å²) in [4.78, 5) is 48.6. The zero-order chi connectivity index (χ0) is 23.6. The van der Waals surface area contributed by atoms with Crippen LogP contribution < -0.4 is 21.7 Å². The van der Waals surface area contributed by atoms with Gasteiger partial charge in [0.25, 0.3) is 0 Å². The first-order valence-electron chi connectivity index (χ1n) is 9.43. The number of aliphatic carboxylic acids is 1. The van der Waals surface area contributed by atoms with Crippen molar-refractivity contribution in [1.82, 2.24) is 16.0 Å². The van der Waals surface area contributed by atoms with Crippen molar-refractivity contribution in [3.05, 3.63) is 35.9 Å². The number of carboxylic acid groups (broad SMARTS) is 1. The van der Waals surface area contributed by atoms with Crippen molar-refractivity contribution >= 4 is 48.9 Å². The van der Waals surface area contributed by atoms with E-state index in [-0.39, 0.29) is 17.9 Å². The first kappa shape index (κ1) is 26.8. The summed E-state index contributed by atoms with van der Waals surface area (Å²) < 4.78 is 0. The Morgan fingerprint density at radius 3 is 1.87 bits per heavy atom. The van der Waals surface area contributed by atoms with Crippen LogP contribution in [0, 0.1) is 0 Å². The number of carbonyl (C=O) groups is 4. The molecular weight excluding hydrogens is 444 g/mol. The van der Waals surface area contributed by atoms with Crippen molar-refractivity contribution in [2.24, 2.45) is 5.73 Å². The van der Waals surface area contributed by atoms with Crippen LogP contribution in [0.2, 0.25) is 0 Å². The maximum atomic E-state index is 12.9. The Kier molecular flexibility index (Phi) is 11.4. The van der Waals surface area contributed by atoms with Gasteiger partial charge in [-0.3, -0.25) is 14.4 Å². The van der Waals surface area contributed by atoms with Crippen molar-refractivity contribution < 1.29 is 29.4 Å². The summed E-state index contributed by atoms with van der Waals surface area (Å²) in [6.45, 7) is 1.35. The second kappa shape index (κ2) is 13.2. The van der Waals surface area contributed by atoms with Gasteiger partial charge in [-0.15, -0.1) is 0 Å². The topological polar surface area (TPSA) is 171 Å². The number of hydrogen-bond donors (Lipinski definition) is 8. The third-order valence-electron chi connectivity index (χ3n) is 4.35.